The van der Waals surface area contributed by atoms with Crippen LogP contribution in [0.4, 0.5) is 0 Å². The summed E-state index contributed by atoms with van der Waals surface area (Å²) < 4.78 is 0. The van der Waals surface area contributed by atoms with Gasteiger partial charge in [-0.25, -0.2) is 0 Å². The molecule has 3 saturated carbocycles. The van der Waals surface area contributed by atoms with E-state index in [1.54, 1.807) is 12.1 Å². The van der Waals surface area contributed by atoms with Crippen LogP contribution in [-0.2, 0) is 16.0 Å². The topological polar surface area (TPSA) is 69.4 Å². The zero-order valence-electron chi connectivity index (χ0n) is 12.7. The van der Waals surface area contributed by atoms with Gasteiger partial charge in [-0.15, -0.1) is 0 Å². The van der Waals surface area contributed by atoms with Crippen LogP contribution in [0.2, 0.25) is 0 Å². The van der Waals surface area contributed by atoms with Gasteiger partial charge < -0.3 is 4.84 Å². The van der Waals surface area contributed by atoms with Gasteiger partial charge in [0.05, 0.1) is 0 Å². The maximum atomic E-state index is 12.8. The number of Topliss-reactive ketones (excluding diaryl/α,β-unsaturated/α-hetero) is 2. The average molecular weight is 287 g/mol. The highest BCUT2D eigenvalue weighted by Crippen LogP contribution is 2.59. The molecule has 2 bridgehead atoms. The molecule has 4 nitrogen and oxygen atoms in total. The molecule has 0 saturated heterocycles. The maximum Gasteiger partial charge on any atom is 0.151 e. The lowest BCUT2D eigenvalue weighted by Gasteiger charge is -2.56. The average Bonchev–Trinajstić information content (AvgIpc) is 2.45. The van der Waals surface area contributed by atoms with Crippen LogP contribution in [0.25, 0.3) is 0 Å². The molecule has 0 aromatic heterocycles. The van der Waals surface area contributed by atoms with Gasteiger partial charge in [0.15, 0.2) is 11.6 Å². The molecule has 1 aromatic rings. The molecule has 112 valence electrons. The van der Waals surface area contributed by atoms with E-state index in [1.807, 2.05) is 26.8 Å². The van der Waals surface area contributed by atoms with Gasteiger partial charge in [-0.1, -0.05) is 26.8 Å². The zero-order valence-corrected chi connectivity index (χ0v) is 12.7. The van der Waals surface area contributed by atoms with E-state index in [1.165, 1.54) is 0 Å². The molecule has 2 unspecified atom stereocenters. The second-order valence-electron chi connectivity index (χ2n) is 6.73. The van der Waals surface area contributed by atoms with Crippen molar-refractivity contribution in [2.24, 2.45) is 23.1 Å². The summed E-state index contributed by atoms with van der Waals surface area (Å²) in [7, 11) is 0. The molecule has 3 aliphatic carbocycles. The Hall–Kier alpha value is -1.68. The molecule has 0 amide bonds. The second kappa shape index (κ2) is 4.67. The molecule has 4 heteroatoms. The Kier molecular flexibility index (Phi) is 3.17. The molecule has 1 aromatic carbocycles. The van der Waals surface area contributed by atoms with Crippen molar-refractivity contribution in [3.8, 4) is 5.75 Å². The van der Waals surface area contributed by atoms with E-state index in [-0.39, 0.29) is 28.8 Å². The third-order valence-electron chi connectivity index (χ3n) is 5.47. The van der Waals surface area contributed by atoms with Crippen molar-refractivity contribution in [1.29, 1.82) is 0 Å². The molecule has 4 rings (SSSR count). The number of carbonyl (C=O) groups is 2. The standard InChI is InChI=1S/C17H21NO3/c1-4-9-5-6-10(21-18)7-11(9)14-15(19)12-8-13(16(14)20)17(12,2)3/h5-7,12-14H,4,8,18H2,1-3H3. The Labute approximate surface area is 124 Å². The van der Waals surface area contributed by atoms with E-state index in [0.29, 0.717) is 5.75 Å². The van der Waals surface area contributed by atoms with Crippen LogP contribution < -0.4 is 10.7 Å². The predicted molar refractivity (Wildman–Crippen MR) is 78.8 cm³/mol. The molecule has 0 spiro atoms. The summed E-state index contributed by atoms with van der Waals surface area (Å²) in [5, 5.41) is 0. The first-order chi connectivity index (χ1) is 9.91. The van der Waals surface area contributed by atoms with Gasteiger partial charge in [0, 0.05) is 11.8 Å². The summed E-state index contributed by atoms with van der Waals surface area (Å²) in [6.45, 7) is 6.07. The minimum Gasteiger partial charge on any atom is -0.412 e. The number of hydrogen-bond acceptors (Lipinski definition) is 4. The van der Waals surface area contributed by atoms with E-state index in [4.69, 9.17) is 10.7 Å². The van der Waals surface area contributed by atoms with E-state index >= 15 is 0 Å². The van der Waals surface area contributed by atoms with Crippen molar-refractivity contribution < 1.29 is 14.4 Å². The van der Waals surface area contributed by atoms with E-state index in [2.05, 4.69) is 0 Å². The van der Waals surface area contributed by atoms with Crippen molar-refractivity contribution in [2.45, 2.75) is 39.5 Å². The minimum absolute atomic E-state index is 0.00245. The summed E-state index contributed by atoms with van der Waals surface area (Å²) in [5.41, 5.74) is 1.61. The number of hydrogen-bond donors (Lipinski definition) is 1. The predicted octanol–water partition coefficient (Wildman–Crippen LogP) is 2.40. The van der Waals surface area contributed by atoms with Crippen LogP contribution in [0.5, 0.6) is 5.75 Å². The normalized spacial score (nSPS) is 30.0. The van der Waals surface area contributed by atoms with Crippen molar-refractivity contribution in [3.05, 3.63) is 29.3 Å². The Morgan fingerprint density at radius 2 is 1.86 bits per heavy atom. The molecule has 2 atom stereocenters. The van der Waals surface area contributed by atoms with E-state index in [0.717, 1.165) is 24.0 Å². The molecular formula is C17H21NO3. The van der Waals surface area contributed by atoms with Gasteiger partial charge in [-0.05, 0) is 41.5 Å². The Morgan fingerprint density at radius 1 is 1.24 bits per heavy atom. The lowest BCUT2D eigenvalue weighted by molar-refractivity contribution is -0.163. The minimum atomic E-state index is -0.633. The van der Waals surface area contributed by atoms with E-state index < -0.39 is 5.92 Å². The first kappa shape index (κ1) is 14.3. The summed E-state index contributed by atoms with van der Waals surface area (Å²) in [6, 6.07) is 5.41. The summed E-state index contributed by atoms with van der Waals surface area (Å²) in [5.74, 6) is 5.20. The fraction of sp³-hybridized carbons (Fsp3) is 0.529. The molecule has 0 radical (unpaired) electrons. The van der Waals surface area contributed by atoms with Crippen LogP contribution in [0.3, 0.4) is 0 Å². The van der Waals surface area contributed by atoms with Crippen molar-refractivity contribution in [3.63, 3.8) is 0 Å². The van der Waals surface area contributed by atoms with Gasteiger partial charge in [0.25, 0.3) is 0 Å². The highest BCUT2D eigenvalue weighted by molar-refractivity contribution is 6.14. The smallest absolute Gasteiger partial charge is 0.151 e. The number of fused-ring (bicyclic) bond motifs is 2. The first-order valence-corrected chi connectivity index (χ1v) is 7.48. The molecule has 2 N–H and O–H groups in total. The number of nitrogens with two attached hydrogens (primary N) is 1. The number of carbonyl (C=O) groups excluding carboxylic acids is 2. The third-order valence-corrected chi connectivity index (χ3v) is 5.47. The summed E-state index contributed by atoms with van der Waals surface area (Å²) in [4.78, 5) is 30.3. The highest BCUT2D eigenvalue weighted by Gasteiger charge is 2.62. The van der Waals surface area contributed by atoms with Gasteiger partial charge in [0.1, 0.15) is 11.7 Å². The second-order valence-corrected chi connectivity index (χ2v) is 6.73. The fourth-order valence-corrected chi connectivity index (χ4v) is 3.98. The lowest BCUT2D eigenvalue weighted by atomic mass is 9.45. The summed E-state index contributed by atoms with van der Waals surface area (Å²) in [6.07, 6.45) is 1.49. The largest absolute Gasteiger partial charge is 0.412 e. The van der Waals surface area contributed by atoms with Crippen LogP contribution in [0.15, 0.2) is 18.2 Å². The summed E-state index contributed by atoms with van der Waals surface area (Å²) >= 11 is 0. The van der Waals surface area contributed by atoms with Crippen LogP contribution in [0, 0.1) is 17.3 Å². The van der Waals surface area contributed by atoms with Crippen molar-refractivity contribution >= 4 is 11.6 Å². The molecule has 3 fully saturated rings. The third kappa shape index (κ3) is 1.85. The number of rotatable bonds is 3. The SMILES string of the molecule is CCc1ccc(ON)cc1C1C(=O)C2CC(C1=O)C2(C)C. The van der Waals surface area contributed by atoms with Crippen LogP contribution >= 0.6 is 0 Å². The van der Waals surface area contributed by atoms with Gasteiger partial charge >= 0.3 is 0 Å². The van der Waals surface area contributed by atoms with Crippen molar-refractivity contribution in [1.82, 2.24) is 0 Å². The molecule has 21 heavy (non-hydrogen) atoms. The van der Waals surface area contributed by atoms with Crippen molar-refractivity contribution in [2.75, 3.05) is 0 Å². The fourth-order valence-electron chi connectivity index (χ4n) is 3.98. The van der Waals surface area contributed by atoms with Gasteiger partial charge in [-0.3, -0.25) is 9.59 Å². The quantitative estimate of drug-likeness (QED) is 0.684. The monoisotopic (exact) mass is 287 g/mol. The Morgan fingerprint density at radius 3 is 2.33 bits per heavy atom. The first-order valence-electron chi connectivity index (χ1n) is 7.48. The van der Waals surface area contributed by atoms with Gasteiger partial charge in [0.2, 0.25) is 0 Å². The highest BCUT2D eigenvalue weighted by atomic mass is 16.6. The van der Waals surface area contributed by atoms with E-state index in [9.17, 15) is 9.59 Å². The zero-order chi connectivity index (χ0) is 15.4. The molecule has 0 heterocycles. The number of aryl methyl sites for hydroxylation is 1. The molecular weight excluding hydrogens is 266 g/mol. The Balaban J connectivity index is 2.05. The molecule has 0 aliphatic heterocycles. The van der Waals surface area contributed by atoms with Crippen LogP contribution in [-0.4, -0.2) is 11.6 Å². The Bertz CT molecular complexity index is 596. The number of ketones is 2. The maximum absolute atomic E-state index is 12.8. The van der Waals surface area contributed by atoms with Gasteiger partial charge in [-0.2, -0.15) is 5.90 Å². The molecule has 3 aliphatic rings. The lowest BCUT2D eigenvalue weighted by Crippen LogP contribution is -2.60. The number of benzene rings is 1. The van der Waals surface area contributed by atoms with Crippen LogP contribution in [0.1, 0.15) is 44.2 Å².